The van der Waals surface area contributed by atoms with Crippen LogP contribution in [0.4, 0.5) is 0 Å². The van der Waals surface area contributed by atoms with E-state index in [1.165, 1.54) is 4.90 Å². The van der Waals surface area contributed by atoms with Crippen molar-refractivity contribution in [1.29, 1.82) is 0 Å². The van der Waals surface area contributed by atoms with Gasteiger partial charge in [0.25, 0.3) is 5.91 Å². The van der Waals surface area contributed by atoms with Crippen molar-refractivity contribution in [3.8, 4) is 0 Å². The quantitative estimate of drug-likeness (QED) is 0.516. The fourth-order valence-electron chi connectivity index (χ4n) is 3.11. The molecule has 0 bridgehead atoms. The Morgan fingerprint density at radius 2 is 1.57 bits per heavy atom. The van der Waals surface area contributed by atoms with Gasteiger partial charge in [-0.2, -0.15) is 0 Å². The molecule has 6 nitrogen and oxygen atoms in total. The molecule has 0 aliphatic rings. The number of furan rings is 1. The van der Waals surface area contributed by atoms with Crippen LogP contribution in [0.1, 0.15) is 21.7 Å². The van der Waals surface area contributed by atoms with Crippen LogP contribution >= 0.6 is 0 Å². The number of nitrogens with zero attached hydrogens (tertiary/aromatic N) is 2. The molecular formula is C24H26N2O4. The maximum absolute atomic E-state index is 13.2. The second-order valence-corrected chi connectivity index (χ2v) is 6.90. The number of carbonyl (C=O) groups is 2. The van der Waals surface area contributed by atoms with Gasteiger partial charge in [0.2, 0.25) is 5.91 Å². The van der Waals surface area contributed by atoms with Gasteiger partial charge in [0.05, 0.1) is 19.4 Å². The van der Waals surface area contributed by atoms with Gasteiger partial charge in [-0.3, -0.25) is 9.59 Å². The lowest BCUT2D eigenvalue weighted by molar-refractivity contribution is -0.133. The maximum atomic E-state index is 13.2. The van der Waals surface area contributed by atoms with E-state index >= 15 is 0 Å². The minimum Gasteiger partial charge on any atom is -0.467 e. The summed E-state index contributed by atoms with van der Waals surface area (Å²) in [6.07, 6.45) is 1.59. The molecule has 3 rings (SSSR count). The van der Waals surface area contributed by atoms with Gasteiger partial charge in [-0.25, -0.2) is 0 Å². The number of carbonyl (C=O) groups excluding carboxylic acids is 2. The Kier molecular flexibility index (Phi) is 7.80. The van der Waals surface area contributed by atoms with E-state index < -0.39 is 0 Å². The zero-order chi connectivity index (χ0) is 21.2. The number of rotatable bonds is 10. The molecule has 1 heterocycles. The highest BCUT2D eigenvalue weighted by Gasteiger charge is 2.23. The molecule has 0 unspecified atom stereocenters. The zero-order valence-corrected chi connectivity index (χ0v) is 17.1. The Morgan fingerprint density at radius 1 is 0.867 bits per heavy atom. The third-order valence-electron chi connectivity index (χ3n) is 4.70. The highest BCUT2D eigenvalue weighted by atomic mass is 16.5. The van der Waals surface area contributed by atoms with Gasteiger partial charge in [-0.05, 0) is 29.8 Å². The van der Waals surface area contributed by atoms with E-state index in [-0.39, 0.29) is 18.4 Å². The van der Waals surface area contributed by atoms with Crippen molar-refractivity contribution < 1.29 is 18.7 Å². The third kappa shape index (κ3) is 6.06. The smallest absolute Gasteiger partial charge is 0.254 e. The Bertz CT molecular complexity index is 911. The number of ether oxygens (including phenoxy) is 1. The summed E-state index contributed by atoms with van der Waals surface area (Å²) < 4.78 is 10.6. The van der Waals surface area contributed by atoms with Gasteiger partial charge in [0.15, 0.2) is 0 Å². The molecule has 30 heavy (non-hydrogen) atoms. The molecule has 0 radical (unpaired) electrons. The van der Waals surface area contributed by atoms with Crippen LogP contribution < -0.4 is 0 Å². The summed E-state index contributed by atoms with van der Waals surface area (Å²) in [6.45, 7) is 1.40. The van der Waals surface area contributed by atoms with Gasteiger partial charge in [0, 0.05) is 25.8 Å². The largest absolute Gasteiger partial charge is 0.467 e. The Balaban J connectivity index is 1.77. The van der Waals surface area contributed by atoms with Gasteiger partial charge in [-0.15, -0.1) is 0 Å². The molecule has 2 amide bonds. The monoisotopic (exact) mass is 406 g/mol. The van der Waals surface area contributed by atoms with Gasteiger partial charge >= 0.3 is 0 Å². The fourth-order valence-corrected chi connectivity index (χ4v) is 3.11. The van der Waals surface area contributed by atoms with E-state index in [0.29, 0.717) is 37.6 Å². The third-order valence-corrected chi connectivity index (χ3v) is 4.70. The molecule has 156 valence electrons. The molecule has 0 fully saturated rings. The normalized spacial score (nSPS) is 10.6. The lowest BCUT2D eigenvalue weighted by Gasteiger charge is -2.27. The molecule has 0 saturated heterocycles. The Morgan fingerprint density at radius 3 is 2.20 bits per heavy atom. The number of hydrogen-bond donors (Lipinski definition) is 0. The van der Waals surface area contributed by atoms with E-state index in [0.717, 1.165) is 5.56 Å². The molecule has 3 aromatic rings. The van der Waals surface area contributed by atoms with Crippen molar-refractivity contribution in [2.75, 3.05) is 26.8 Å². The summed E-state index contributed by atoms with van der Waals surface area (Å²) in [5.41, 5.74) is 1.55. The highest BCUT2D eigenvalue weighted by molar-refractivity contribution is 5.96. The van der Waals surface area contributed by atoms with Crippen molar-refractivity contribution in [2.45, 2.75) is 13.1 Å². The summed E-state index contributed by atoms with van der Waals surface area (Å²) in [7, 11) is 1.58. The molecule has 0 aliphatic heterocycles. The molecule has 0 saturated carbocycles. The van der Waals surface area contributed by atoms with Crippen LogP contribution in [0.15, 0.2) is 83.5 Å². The second-order valence-electron chi connectivity index (χ2n) is 6.90. The minimum atomic E-state index is -0.196. The van der Waals surface area contributed by atoms with Crippen molar-refractivity contribution >= 4 is 11.8 Å². The lowest BCUT2D eigenvalue weighted by atomic mass is 10.2. The minimum absolute atomic E-state index is 0.0371. The molecule has 0 aliphatic carbocycles. The molecule has 0 spiro atoms. The van der Waals surface area contributed by atoms with Crippen molar-refractivity contribution in [3.63, 3.8) is 0 Å². The standard InChI is InChI=1S/C24H26N2O4/c1-29-16-14-25(24(28)21-11-6-3-7-12-21)19-23(27)26(18-22-13-8-15-30-22)17-20-9-4-2-5-10-20/h2-13,15H,14,16-19H2,1H3. The second kappa shape index (κ2) is 11.0. The van der Waals surface area contributed by atoms with Crippen LogP contribution in [0.3, 0.4) is 0 Å². The molecule has 2 aromatic carbocycles. The van der Waals surface area contributed by atoms with E-state index in [4.69, 9.17) is 9.15 Å². The summed E-state index contributed by atoms with van der Waals surface area (Å²) in [5, 5.41) is 0. The van der Waals surface area contributed by atoms with E-state index in [9.17, 15) is 9.59 Å². The molecular weight excluding hydrogens is 380 g/mol. The first-order chi connectivity index (χ1) is 14.7. The predicted molar refractivity (Wildman–Crippen MR) is 114 cm³/mol. The first-order valence-electron chi connectivity index (χ1n) is 9.84. The number of benzene rings is 2. The number of methoxy groups -OCH3 is 1. The summed E-state index contributed by atoms with van der Waals surface area (Å²) in [6, 6.07) is 22.4. The highest BCUT2D eigenvalue weighted by Crippen LogP contribution is 2.13. The molecule has 6 heteroatoms. The predicted octanol–water partition coefficient (Wildman–Crippen LogP) is 3.60. The van der Waals surface area contributed by atoms with Crippen LogP contribution in [0.2, 0.25) is 0 Å². The molecule has 0 N–H and O–H groups in total. The van der Waals surface area contributed by atoms with Crippen LogP contribution in [0.5, 0.6) is 0 Å². The Labute approximate surface area is 176 Å². The number of hydrogen-bond acceptors (Lipinski definition) is 4. The van der Waals surface area contributed by atoms with Crippen molar-refractivity contribution in [3.05, 3.63) is 95.9 Å². The molecule has 0 atom stereocenters. The van der Waals surface area contributed by atoms with E-state index in [1.54, 1.807) is 36.5 Å². The van der Waals surface area contributed by atoms with Gasteiger partial charge < -0.3 is 19.0 Å². The summed E-state index contributed by atoms with van der Waals surface area (Å²) in [5.74, 6) is 0.339. The number of amides is 2. The summed E-state index contributed by atoms with van der Waals surface area (Å²) in [4.78, 5) is 29.4. The average Bonchev–Trinajstić information content (AvgIpc) is 3.30. The topological polar surface area (TPSA) is 63.0 Å². The van der Waals surface area contributed by atoms with Crippen molar-refractivity contribution in [1.82, 2.24) is 9.80 Å². The fraction of sp³-hybridized carbons (Fsp3) is 0.250. The van der Waals surface area contributed by atoms with Crippen LogP contribution in [0, 0.1) is 0 Å². The Hall–Kier alpha value is -3.38. The lowest BCUT2D eigenvalue weighted by Crippen LogP contribution is -2.43. The van der Waals surface area contributed by atoms with E-state index in [2.05, 4.69) is 0 Å². The molecule has 1 aromatic heterocycles. The SMILES string of the molecule is COCCN(CC(=O)N(Cc1ccccc1)Cc1ccco1)C(=O)c1ccccc1. The van der Waals surface area contributed by atoms with Crippen LogP contribution in [-0.2, 0) is 22.6 Å². The van der Waals surface area contributed by atoms with Crippen LogP contribution in [-0.4, -0.2) is 48.4 Å². The zero-order valence-electron chi connectivity index (χ0n) is 17.1. The van der Waals surface area contributed by atoms with Gasteiger partial charge in [-0.1, -0.05) is 48.5 Å². The maximum Gasteiger partial charge on any atom is 0.254 e. The van der Waals surface area contributed by atoms with Crippen LogP contribution in [0.25, 0.3) is 0 Å². The van der Waals surface area contributed by atoms with Crippen molar-refractivity contribution in [2.24, 2.45) is 0 Å². The van der Waals surface area contributed by atoms with E-state index in [1.807, 2.05) is 54.6 Å². The summed E-state index contributed by atoms with van der Waals surface area (Å²) >= 11 is 0. The first kappa shape index (κ1) is 21.3. The first-order valence-corrected chi connectivity index (χ1v) is 9.84. The van der Waals surface area contributed by atoms with Gasteiger partial charge in [0.1, 0.15) is 12.3 Å². The average molecular weight is 406 g/mol.